The van der Waals surface area contributed by atoms with Crippen molar-refractivity contribution in [3.63, 3.8) is 0 Å². The lowest BCUT2D eigenvalue weighted by molar-refractivity contribution is -0.281. The third kappa shape index (κ3) is 2.51. The van der Waals surface area contributed by atoms with Gasteiger partial charge in [-0.15, -0.1) is 0 Å². The van der Waals surface area contributed by atoms with Crippen LogP contribution in [0.2, 0.25) is 0 Å². The van der Waals surface area contributed by atoms with Crippen LogP contribution in [0.25, 0.3) is 0 Å². The summed E-state index contributed by atoms with van der Waals surface area (Å²) in [5.41, 5.74) is 0.473. The summed E-state index contributed by atoms with van der Waals surface area (Å²) in [4.78, 5) is 0. The van der Waals surface area contributed by atoms with Crippen molar-refractivity contribution < 1.29 is 10.2 Å². The van der Waals surface area contributed by atoms with Crippen molar-refractivity contribution in [2.24, 2.45) is 56.7 Å². The minimum Gasteiger partial charge on any atom is -0.393 e. The first-order valence-corrected chi connectivity index (χ1v) is 14.1. The van der Waals surface area contributed by atoms with E-state index < -0.39 is 5.60 Å². The third-order valence-electron chi connectivity index (χ3n) is 14.0. The van der Waals surface area contributed by atoms with Crippen molar-refractivity contribution in [3.05, 3.63) is 0 Å². The zero-order chi connectivity index (χ0) is 23.5. The van der Waals surface area contributed by atoms with Gasteiger partial charge in [0.05, 0.1) is 11.7 Å². The Morgan fingerprint density at radius 3 is 1.88 bits per heavy atom. The van der Waals surface area contributed by atoms with Crippen LogP contribution in [0.1, 0.15) is 120 Å². The molecular formula is C30H52O2. The van der Waals surface area contributed by atoms with Crippen LogP contribution in [-0.2, 0) is 0 Å². The molecule has 5 rings (SSSR count). The molecule has 0 bridgehead atoms. The van der Waals surface area contributed by atoms with Crippen molar-refractivity contribution in [3.8, 4) is 0 Å². The minimum atomic E-state index is -0.483. The first-order valence-electron chi connectivity index (χ1n) is 14.1. The molecule has 5 aliphatic rings. The van der Waals surface area contributed by atoms with Crippen molar-refractivity contribution in [1.82, 2.24) is 0 Å². The van der Waals surface area contributed by atoms with Crippen molar-refractivity contribution in [1.29, 1.82) is 0 Å². The molecule has 2 N–H and O–H groups in total. The van der Waals surface area contributed by atoms with Crippen LogP contribution < -0.4 is 0 Å². The molecule has 0 heterocycles. The van der Waals surface area contributed by atoms with Gasteiger partial charge >= 0.3 is 0 Å². The summed E-state index contributed by atoms with van der Waals surface area (Å²) in [5, 5.41) is 23.4. The second kappa shape index (κ2) is 6.77. The maximum absolute atomic E-state index is 12.5. The second-order valence-corrected chi connectivity index (χ2v) is 15.2. The Morgan fingerprint density at radius 1 is 0.625 bits per heavy atom. The van der Waals surface area contributed by atoms with Crippen LogP contribution in [0.3, 0.4) is 0 Å². The largest absolute Gasteiger partial charge is 0.393 e. The molecule has 5 saturated carbocycles. The first-order chi connectivity index (χ1) is 14.7. The molecule has 0 aromatic rings. The lowest BCUT2D eigenvalue weighted by Crippen LogP contribution is -2.70. The first kappa shape index (κ1) is 23.7. The molecule has 2 nitrogen and oxygen atoms in total. The maximum atomic E-state index is 12.5. The Balaban J connectivity index is 1.54. The van der Waals surface area contributed by atoms with E-state index in [4.69, 9.17) is 0 Å². The highest BCUT2D eigenvalue weighted by atomic mass is 16.3. The Hall–Kier alpha value is -0.0800. The van der Waals surface area contributed by atoms with Gasteiger partial charge in [0.15, 0.2) is 0 Å². The average molecular weight is 445 g/mol. The van der Waals surface area contributed by atoms with Crippen LogP contribution in [0.5, 0.6) is 0 Å². The van der Waals surface area contributed by atoms with Crippen molar-refractivity contribution in [2.45, 2.75) is 131 Å². The minimum absolute atomic E-state index is 0.0192. The Morgan fingerprint density at radius 2 is 1.22 bits per heavy atom. The zero-order valence-corrected chi connectivity index (χ0v) is 22.4. The smallest absolute Gasteiger partial charge is 0.0737 e. The predicted octanol–water partition coefficient (Wildman–Crippen LogP) is 7.22. The van der Waals surface area contributed by atoms with Gasteiger partial charge in [0.1, 0.15) is 0 Å². The van der Waals surface area contributed by atoms with E-state index >= 15 is 0 Å². The van der Waals surface area contributed by atoms with E-state index in [-0.39, 0.29) is 22.3 Å². The maximum Gasteiger partial charge on any atom is 0.0737 e. The van der Waals surface area contributed by atoms with E-state index in [1.54, 1.807) is 0 Å². The molecule has 0 aromatic heterocycles. The van der Waals surface area contributed by atoms with E-state index in [1.165, 1.54) is 51.4 Å². The average Bonchev–Trinajstić information content (AvgIpc) is 2.98. The van der Waals surface area contributed by atoms with Crippen molar-refractivity contribution in [2.75, 3.05) is 0 Å². The Bertz CT molecular complexity index is 773. The van der Waals surface area contributed by atoms with Gasteiger partial charge in [-0.1, -0.05) is 55.4 Å². The molecule has 5 aliphatic carbocycles. The van der Waals surface area contributed by atoms with Crippen LogP contribution in [0.4, 0.5) is 0 Å². The molecule has 2 heteroatoms. The van der Waals surface area contributed by atoms with Gasteiger partial charge in [0, 0.05) is 0 Å². The Kier molecular flexibility index (Phi) is 5.01. The summed E-state index contributed by atoms with van der Waals surface area (Å²) in [7, 11) is 0. The monoisotopic (exact) mass is 444 g/mol. The molecule has 0 spiro atoms. The van der Waals surface area contributed by atoms with E-state index in [1.807, 2.05) is 0 Å². The second-order valence-electron chi connectivity index (χ2n) is 15.2. The van der Waals surface area contributed by atoms with Gasteiger partial charge < -0.3 is 10.2 Å². The van der Waals surface area contributed by atoms with Gasteiger partial charge in [-0.25, -0.2) is 0 Å². The molecule has 32 heavy (non-hydrogen) atoms. The molecular weight excluding hydrogens is 392 g/mol. The molecule has 10 atom stereocenters. The summed E-state index contributed by atoms with van der Waals surface area (Å²) >= 11 is 0. The quantitative estimate of drug-likeness (QED) is 0.448. The van der Waals surface area contributed by atoms with Gasteiger partial charge in [-0.2, -0.15) is 0 Å². The number of rotatable bonds is 1. The Labute approximate surface area is 198 Å². The van der Waals surface area contributed by atoms with Gasteiger partial charge in [0.25, 0.3) is 0 Å². The highest BCUT2D eigenvalue weighted by Crippen LogP contribution is 2.78. The fourth-order valence-electron chi connectivity index (χ4n) is 12.0. The SMILES string of the molecule is CC(C)[C@H]1CC[C@]2(O)[C@H]3CC[C@@H]4[C@@]5(C)CC[C@@H](O)C(C)(C)[C@@H]5CC[C@@]4(C)[C@]3(C)CC[C@]12C. The molecule has 0 unspecified atom stereocenters. The predicted molar refractivity (Wildman–Crippen MR) is 132 cm³/mol. The van der Waals surface area contributed by atoms with Crippen molar-refractivity contribution >= 4 is 0 Å². The third-order valence-corrected chi connectivity index (χ3v) is 14.0. The molecule has 0 radical (unpaired) electrons. The molecule has 0 saturated heterocycles. The standard InChI is InChI=1S/C30H52O2/c1-19(2)20-11-16-30(32)23-10-9-22-26(5)14-13-24(31)25(3,4)21(26)12-15-28(22,7)29(23,8)18-17-27(20,30)6/h19-24,31-32H,9-18H2,1-8H3/t20-,21+,22-,23+,24-,26+,27-,28-,29-,30+/m1/s1. The summed E-state index contributed by atoms with van der Waals surface area (Å²) in [5.74, 6) is 3.11. The van der Waals surface area contributed by atoms with Gasteiger partial charge in [-0.3, -0.25) is 0 Å². The summed E-state index contributed by atoms with van der Waals surface area (Å²) < 4.78 is 0. The highest BCUT2D eigenvalue weighted by Gasteiger charge is 2.74. The van der Waals surface area contributed by atoms with Gasteiger partial charge in [0.2, 0.25) is 0 Å². The van der Waals surface area contributed by atoms with E-state index in [9.17, 15) is 10.2 Å². The molecule has 0 aromatic carbocycles. The van der Waals surface area contributed by atoms with Crippen LogP contribution in [0.15, 0.2) is 0 Å². The number of hydrogen-bond acceptors (Lipinski definition) is 2. The molecule has 5 fully saturated rings. The fraction of sp³-hybridized carbons (Fsp3) is 1.00. The van der Waals surface area contributed by atoms with Gasteiger partial charge in [-0.05, 0) is 121 Å². The molecule has 0 aliphatic heterocycles. The number of fused-ring (bicyclic) bond motifs is 7. The van der Waals surface area contributed by atoms with E-state index in [0.29, 0.717) is 34.5 Å². The van der Waals surface area contributed by atoms with E-state index in [0.717, 1.165) is 18.8 Å². The highest BCUT2D eigenvalue weighted by molar-refractivity contribution is 5.23. The fourth-order valence-corrected chi connectivity index (χ4v) is 12.0. The lowest BCUT2D eigenvalue weighted by Gasteiger charge is -2.74. The molecule has 184 valence electrons. The van der Waals surface area contributed by atoms with E-state index in [2.05, 4.69) is 55.4 Å². The molecule has 0 amide bonds. The summed E-state index contributed by atoms with van der Waals surface area (Å²) in [6.45, 7) is 19.8. The topological polar surface area (TPSA) is 40.5 Å². The van der Waals surface area contributed by atoms with Crippen LogP contribution in [0, 0.1) is 56.7 Å². The number of aliphatic hydroxyl groups excluding tert-OH is 1. The normalized spacial score (nSPS) is 59.2. The number of aliphatic hydroxyl groups is 2. The summed E-state index contributed by atoms with van der Waals surface area (Å²) in [6.07, 6.45) is 11.7. The lowest BCUT2D eigenvalue weighted by atomic mass is 9.32. The number of hydrogen-bond donors (Lipinski definition) is 2. The van der Waals surface area contributed by atoms with Crippen LogP contribution >= 0.6 is 0 Å². The van der Waals surface area contributed by atoms with Crippen LogP contribution in [-0.4, -0.2) is 21.9 Å². The summed E-state index contributed by atoms with van der Waals surface area (Å²) in [6, 6.07) is 0. The zero-order valence-electron chi connectivity index (χ0n) is 22.4.